The van der Waals surface area contributed by atoms with Crippen molar-refractivity contribution in [2.45, 2.75) is 38.2 Å². The number of piperidine rings is 1. The number of non-ortho nitro benzene ring substituents is 1. The summed E-state index contributed by atoms with van der Waals surface area (Å²) in [6.45, 7) is 2.82. The van der Waals surface area contributed by atoms with Crippen LogP contribution in [0.2, 0.25) is 0 Å². The Balaban J connectivity index is 1.40. The molecule has 0 radical (unpaired) electrons. The fourth-order valence-corrected chi connectivity index (χ4v) is 4.25. The lowest BCUT2D eigenvalue weighted by molar-refractivity contribution is -0.384. The molecular weight excluding hydrogens is 438 g/mol. The molecule has 34 heavy (non-hydrogen) atoms. The van der Waals surface area contributed by atoms with Crippen LogP contribution in [0.1, 0.15) is 42.5 Å². The second kappa shape index (κ2) is 11.0. The van der Waals surface area contributed by atoms with Crippen molar-refractivity contribution in [3.8, 4) is 0 Å². The lowest BCUT2D eigenvalue weighted by Gasteiger charge is -2.30. The molecule has 0 bridgehead atoms. The molecule has 0 aliphatic carbocycles. The quantitative estimate of drug-likeness (QED) is 0.415. The molecule has 3 amide bonds. The summed E-state index contributed by atoms with van der Waals surface area (Å²) in [5, 5.41) is 19.6. The number of rotatable bonds is 7. The minimum Gasteiger partial charge on any atom is -0.376 e. The average molecular weight is 468 g/mol. The molecule has 2 aromatic rings. The van der Waals surface area contributed by atoms with E-state index in [0.29, 0.717) is 23.6 Å². The largest absolute Gasteiger partial charge is 0.376 e. The average Bonchev–Trinajstić information content (AvgIpc) is 3.38. The summed E-state index contributed by atoms with van der Waals surface area (Å²) in [7, 11) is 0. The van der Waals surface area contributed by atoms with E-state index < -0.39 is 10.8 Å². The number of ether oxygens (including phenoxy) is 1. The van der Waals surface area contributed by atoms with Crippen LogP contribution >= 0.6 is 0 Å². The molecule has 2 aliphatic heterocycles. The Kier molecular flexibility index (Phi) is 7.58. The summed E-state index contributed by atoms with van der Waals surface area (Å²) >= 11 is 0. The van der Waals surface area contributed by atoms with Gasteiger partial charge in [-0.25, -0.2) is 4.79 Å². The predicted molar refractivity (Wildman–Crippen MR) is 130 cm³/mol. The van der Waals surface area contributed by atoms with Crippen LogP contribution in [0.15, 0.2) is 42.5 Å². The van der Waals surface area contributed by atoms with Crippen molar-refractivity contribution in [1.82, 2.24) is 5.32 Å². The first-order valence-electron chi connectivity index (χ1n) is 11.6. The Morgan fingerprint density at radius 2 is 1.71 bits per heavy atom. The van der Waals surface area contributed by atoms with Gasteiger partial charge in [-0.15, -0.1) is 0 Å². The third-order valence-corrected chi connectivity index (χ3v) is 6.05. The number of carbonyl (C=O) groups excluding carboxylic acids is 2. The van der Waals surface area contributed by atoms with Gasteiger partial charge in [-0.1, -0.05) is 0 Å². The maximum atomic E-state index is 13.1. The number of anilines is 3. The second-order valence-corrected chi connectivity index (χ2v) is 8.51. The highest BCUT2D eigenvalue weighted by atomic mass is 16.6. The van der Waals surface area contributed by atoms with Gasteiger partial charge < -0.3 is 25.6 Å². The number of amides is 3. The lowest BCUT2D eigenvalue weighted by Crippen LogP contribution is -2.35. The smallest absolute Gasteiger partial charge is 0.319 e. The van der Waals surface area contributed by atoms with Crippen LogP contribution in [0.3, 0.4) is 0 Å². The summed E-state index contributed by atoms with van der Waals surface area (Å²) in [4.78, 5) is 38.0. The summed E-state index contributed by atoms with van der Waals surface area (Å²) in [6.07, 6.45) is 5.20. The van der Waals surface area contributed by atoms with E-state index in [1.165, 1.54) is 12.1 Å². The van der Waals surface area contributed by atoms with Crippen molar-refractivity contribution in [3.05, 3.63) is 58.1 Å². The molecule has 180 valence electrons. The van der Waals surface area contributed by atoms with Gasteiger partial charge >= 0.3 is 6.03 Å². The molecule has 1 unspecified atom stereocenters. The third kappa shape index (κ3) is 6.02. The van der Waals surface area contributed by atoms with E-state index in [1.54, 1.807) is 30.3 Å². The molecule has 0 spiro atoms. The van der Waals surface area contributed by atoms with Crippen molar-refractivity contribution >= 4 is 34.7 Å². The fourth-order valence-electron chi connectivity index (χ4n) is 4.25. The highest BCUT2D eigenvalue weighted by Crippen LogP contribution is 2.29. The Bertz CT molecular complexity index is 1030. The minimum atomic E-state index is -0.499. The fraction of sp³-hybridized carbons (Fsp3) is 0.417. The number of nitrogens with zero attached hydrogens (tertiary/aromatic N) is 2. The third-order valence-electron chi connectivity index (χ3n) is 6.05. The van der Waals surface area contributed by atoms with Crippen molar-refractivity contribution in [2.75, 3.05) is 41.8 Å². The number of nitro benzene ring substituents is 1. The Morgan fingerprint density at radius 1 is 1.00 bits per heavy atom. The molecule has 2 heterocycles. The molecule has 0 aromatic heterocycles. The zero-order valence-electron chi connectivity index (χ0n) is 18.9. The summed E-state index contributed by atoms with van der Waals surface area (Å²) in [5.41, 5.74) is 1.94. The van der Waals surface area contributed by atoms with E-state index in [-0.39, 0.29) is 23.4 Å². The van der Waals surface area contributed by atoms with E-state index in [2.05, 4.69) is 20.9 Å². The SMILES string of the molecule is O=C(NCC1CCCO1)Nc1ccc(NC(=O)c2cc([N+](=O)[O-])ccc2N2CCCCC2)cc1. The summed E-state index contributed by atoms with van der Waals surface area (Å²) in [5.74, 6) is -0.417. The number of nitro groups is 1. The van der Waals surface area contributed by atoms with Gasteiger partial charge in [0.05, 0.1) is 22.3 Å². The molecule has 0 saturated carbocycles. The number of urea groups is 1. The number of hydrogen-bond acceptors (Lipinski definition) is 6. The molecule has 2 aromatic carbocycles. The first-order chi connectivity index (χ1) is 16.5. The van der Waals surface area contributed by atoms with Crippen LogP contribution in [-0.4, -0.2) is 49.2 Å². The summed E-state index contributed by atoms with van der Waals surface area (Å²) < 4.78 is 5.49. The molecule has 4 rings (SSSR count). The summed E-state index contributed by atoms with van der Waals surface area (Å²) in [6, 6.07) is 10.8. The van der Waals surface area contributed by atoms with Gasteiger partial charge in [0.15, 0.2) is 0 Å². The lowest BCUT2D eigenvalue weighted by atomic mass is 10.1. The number of nitrogens with one attached hydrogen (secondary N) is 3. The standard InChI is InChI=1S/C24H29N5O5/c30-23(21-15-19(29(32)33)10-11-22(21)28-12-2-1-3-13-28)26-17-6-8-18(9-7-17)27-24(31)25-16-20-5-4-14-34-20/h6-11,15,20H,1-5,12-14,16H2,(H,26,30)(H2,25,27,31). The second-order valence-electron chi connectivity index (χ2n) is 8.51. The highest BCUT2D eigenvalue weighted by molar-refractivity contribution is 6.08. The van der Waals surface area contributed by atoms with Gasteiger partial charge in [0.2, 0.25) is 0 Å². The Hall–Kier alpha value is -3.66. The van der Waals surface area contributed by atoms with Crippen LogP contribution in [0, 0.1) is 10.1 Å². The van der Waals surface area contributed by atoms with Crippen LogP contribution in [-0.2, 0) is 4.74 Å². The van der Waals surface area contributed by atoms with Crippen molar-refractivity contribution in [1.29, 1.82) is 0 Å². The van der Waals surface area contributed by atoms with Gasteiger partial charge in [-0.3, -0.25) is 14.9 Å². The molecule has 1 atom stereocenters. The minimum absolute atomic E-state index is 0.0620. The van der Waals surface area contributed by atoms with Gasteiger partial charge in [0, 0.05) is 49.7 Å². The van der Waals surface area contributed by atoms with Gasteiger partial charge in [-0.2, -0.15) is 0 Å². The zero-order valence-corrected chi connectivity index (χ0v) is 18.9. The molecular formula is C24H29N5O5. The van der Waals surface area contributed by atoms with Crippen molar-refractivity contribution < 1.29 is 19.2 Å². The molecule has 3 N–H and O–H groups in total. The molecule has 2 aliphatic rings. The van der Waals surface area contributed by atoms with E-state index in [4.69, 9.17) is 4.74 Å². The predicted octanol–water partition coefficient (Wildman–Crippen LogP) is 4.14. The Labute approximate surface area is 197 Å². The Morgan fingerprint density at radius 3 is 2.35 bits per heavy atom. The van der Waals surface area contributed by atoms with Gasteiger partial charge in [-0.05, 0) is 62.4 Å². The monoisotopic (exact) mass is 467 g/mol. The first kappa shape index (κ1) is 23.5. The number of carbonyl (C=O) groups is 2. The normalized spacial score (nSPS) is 17.8. The molecule has 10 heteroatoms. The van der Waals surface area contributed by atoms with Crippen LogP contribution < -0.4 is 20.9 Å². The number of hydrogen-bond donors (Lipinski definition) is 3. The van der Waals surface area contributed by atoms with Gasteiger partial charge in [0.25, 0.3) is 11.6 Å². The van der Waals surface area contributed by atoms with Crippen LogP contribution in [0.25, 0.3) is 0 Å². The van der Waals surface area contributed by atoms with E-state index in [0.717, 1.165) is 51.8 Å². The zero-order chi connectivity index (χ0) is 23.9. The topological polar surface area (TPSA) is 126 Å². The molecule has 2 saturated heterocycles. The number of benzene rings is 2. The highest BCUT2D eigenvalue weighted by Gasteiger charge is 2.22. The maximum Gasteiger partial charge on any atom is 0.319 e. The first-order valence-corrected chi connectivity index (χ1v) is 11.6. The van der Waals surface area contributed by atoms with Crippen LogP contribution in [0.5, 0.6) is 0 Å². The molecule has 10 nitrogen and oxygen atoms in total. The van der Waals surface area contributed by atoms with Crippen molar-refractivity contribution in [3.63, 3.8) is 0 Å². The van der Waals surface area contributed by atoms with E-state index in [1.807, 2.05) is 0 Å². The van der Waals surface area contributed by atoms with Crippen molar-refractivity contribution in [2.24, 2.45) is 0 Å². The maximum absolute atomic E-state index is 13.1. The van der Waals surface area contributed by atoms with Gasteiger partial charge in [0.1, 0.15) is 0 Å². The van der Waals surface area contributed by atoms with E-state index >= 15 is 0 Å². The van der Waals surface area contributed by atoms with E-state index in [9.17, 15) is 19.7 Å². The van der Waals surface area contributed by atoms with Crippen LogP contribution in [0.4, 0.5) is 27.5 Å². The molecule has 2 fully saturated rings.